The lowest BCUT2D eigenvalue weighted by molar-refractivity contribution is -0.385. The number of ether oxygens (including phenoxy) is 1. The molecule has 3 aromatic rings. The molecule has 0 bridgehead atoms. The van der Waals surface area contributed by atoms with Crippen LogP contribution < -0.4 is 4.74 Å². The summed E-state index contributed by atoms with van der Waals surface area (Å²) in [6, 6.07) is 15.9. The van der Waals surface area contributed by atoms with E-state index in [1.165, 1.54) is 6.07 Å². The third kappa shape index (κ3) is 5.93. The molecule has 0 atom stereocenters. The third-order valence-electron chi connectivity index (χ3n) is 6.51. The maximum Gasteiger partial charge on any atom is 0.391 e. The van der Waals surface area contributed by atoms with Crippen molar-refractivity contribution in [1.82, 2.24) is 4.98 Å². The standard InChI is InChI=1S/C26H24ClF3N2O3/c1-16-24(32(33)34)12-11-23(31-16)22-14-21(27)10-13-25(22)35-15-17-2-4-18(5-3-17)19-6-8-20(9-7-19)26(28,29)30/h2-5,10-14,19-20H,6-9,15H2,1H3/t19-,20+. The van der Waals surface area contributed by atoms with Gasteiger partial charge in [-0.3, -0.25) is 10.1 Å². The molecule has 0 aliphatic heterocycles. The van der Waals surface area contributed by atoms with Gasteiger partial charge in [-0.2, -0.15) is 13.2 Å². The van der Waals surface area contributed by atoms with Crippen LogP contribution in [0, 0.1) is 23.0 Å². The van der Waals surface area contributed by atoms with Crippen molar-refractivity contribution in [2.24, 2.45) is 5.92 Å². The van der Waals surface area contributed by atoms with Gasteiger partial charge in [0.15, 0.2) is 0 Å². The zero-order valence-electron chi connectivity index (χ0n) is 19.0. The van der Waals surface area contributed by atoms with Gasteiger partial charge in [0.2, 0.25) is 0 Å². The van der Waals surface area contributed by atoms with E-state index < -0.39 is 17.0 Å². The lowest BCUT2D eigenvalue weighted by Crippen LogP contribution is -2.27. The van der Waals surface area contributed by atoms with Gasteiger partial charge in [-0.25, -0.2) is 4.98 Å². The minimum Gasteiger partial charge on any atom is -0.488 e. The van der Waals surface area contributed by atoms with Gasteiger partial charge in [-0.15, -0.1) is 0 Å². The number of hydrogen-bond acceptors (Lipinski definition) is 4. The molecule has 1 saturated carbocycles. The van der Waals surface area contributed by atoms with E-state index in [9.17, 15) is 23.3 Å². The molecule has 1 heterocycles. The summed E-state index contributed by atoms with van der Waals surface area (Å²) >= 11 is 6.18. The van der Waals surface area contributed by atoms with E-state index in [-0.39, 0.29) is 31.1 Å². The normalized spacial score (nSPS) is 18.3. The Morgan fingerprint density at radius 1 is 1.06 bits per heavy atom. The van der Waals surface area contributed by atoms with Gasteiger partial charge >= 0.3 is 6.18 Å². The summed E-state index contributed by atoms with van der Waals surface area (Å²) < 4.78 is 44.8. The van der Waals surface area contributed by atoms with Crippen LogP contribution in [-0.4, -0.2) is 16.1 Å². The van der Waals surface area contributed by atoms with Crippen molar-refractivity contribution >= 4 is 17.3 Å². The largest absolute Gasteiger partial charge is 0.488 e. The molecule has 184 valence electrons. The maximum atomic E-state index is 12.9. The van der Waals surface area contributed by atoms with Gasteiger partial charge in [0, 0.05) is 16.7 Å². The van der Waals surface area contributed by atoms with E-state index in [0.29, 0.717) is 40.6 Å². The molecule has 1 aromatic heterocycles. The van der Waals surface area contributed by atoms with Gasteiger partial charge in [0.25, 0.3) is 5.69 Å². The average molecular weight is 505 g/mol. The monoisotopic (exact) mass is 504 g/mol. The second-order valence-corrected chi connectivity index (χ2v) is 9.26. The highest BCUT2D eigenvalue weighted by atomic mass is 35.5. The van der Waals surface area contributed by atoms with E-state index in [0.717, 1.165) is 11.1 Å². The first-order chi connectivity index (χ1) is 16.6. The highest BCUT2D eigenvalue weighted by Gasteiger charge is 2.41. The minimum atomic E-state index is -4.10. The number of halogens is 4. The summed E-state index contributed by atoms with van der Waals surface area (Å²) in [6.45, 7) is 1.84. The highest BCUT2D eigenvalue weighted by molar-refractivity contribution is 6.30. The van der Waals surface area contributed by atoms with E-state index in [1.807, 2.05) is 24.3 Å². The predicted molar refractivity (Wildman–Crippen MR) is 128 cm³/mol. The fraction of sp³-hybridized carbons (Fsp3) is 0.346. The molecule has 1 aliphatic carbocycles. The Bertz CT molecular complexity index is 1210. The van der Waals surface area contributed by atoms with Crippen molar-refractivity contribution in [3.8, 4) is 17.0 Å². The number of nitrogens with zero attached hydrogens (tertiary/aromatic N) is 2. The predicted octanol–water partition coefficient (Wildman–Crippen LogP) is 8.03. The number of nitro groups is 1. The van der Waals surface area contributed by atoms with Crippen molar-refractivity contribution in [2.45, 2.75) is 51.3 Å². The Labute approximate surface area is 206 Å². The van der Waals surface area contributed by atoms with Crippen LogP contribution in [0.5, 0.6) is 5.75 Å². The van der Waals surface area contributed by atoms with Crippen LogP contribution in [0.15, 0.2) is 54.6 Å². The summed E-state index contributed by atoms with van der Waals surface area (Å²) in [5.41, 5.74) is 3.31. The summed E-state index contributed by atoms with van der Waals surface area (Å²) in [7, 11) is 0. The smallest absolute Gasteiger partial charge is 0.391 e. The van der Waals surface area contributed by atoms with Crippen LogP contribution in [-0.2, 0) is 6.61 Å². The first-order valence-corrected chi connectivity index (χ1v) is 11.7. The molecule has 2 aromatic carbocycles. The Kier molecular flexibility index (Phi) is 7.31. The summed E-state index contributed by atoms with van der Waals surface area (Å²) in [5, 5.41) is 11.6. The quantitative estimate of drug-likeness (QED) is 0.252. The van der Waals surface area contributed by atoms with Gasteiger partial charge in [0.1, 0.15) is 18.1 Å². The number of aromatic nitrogens is 1. The molecule has 0 spiro atoms. The molecule has 0 radical (unpaired) electrons. The summed E-state index contributed by atoms with van der Waals surface area (Å²) in [4.78, 5) is 15.0. The lowest BCUT2D eigenvalue weighted by Gasteiger charge is -2.30. The summed E-state index contributed by atoms with van der Waals surface area (Å²) in [6.07, 6.45) is -2.68. The SMILES string of the molecule is Cc1nc(-c2cc(Cl)ccc2OCc2ccc([C@H]3CC[C@@H](C(F)(F)F)CC3)cc2)ccc1[N+](=O)[O-]. The topological polar surface area (TPSA) is 65.3 Å². The zero-order valence-corrected chi connectivity index (χ0v) is 19.8. The average Bonchev–Trinajstić information content (AvgIpc) is 2.83. The molecule has 35 heavy (non-hydrogen) atoms. The van der Waals surface area contributed by atoms with Crippen LogP contribution in [0.4, 0.5) is 18.9 Å². The van der Waals surface area contributed by atoms with E-state index in [2.05, 4.69) is 4.98 Å². The molecule has 9 heteroatoms. The number of alkyl halides is 3. The van der Waals surface area contributed by atoms with E-state index in [4.69, 9.17) is 16.3 Å². The number of hydrogen-bond donors (Lipinski definition) is 0. The van der Waals surface area contributed by atoms with Crippen LogP contribution in [0.1, 0.15) is 48.4 Å². The van der Waals surface area contributed by atoms with E-state index in [1.54, 1.807) is 31.2 Å². The van der Waals surface area contributed by atoms with Crippen LogP contribution in [0.3, 0.4) is 0 Å². The molecule has 1 aliphatic rings. The highest BCUT2D eigenvalue weighted by Crippen LogP contribution is 2.43. The lowest BCUT2D eigenvalue weighted by atomic mass is 9.78. The molecule has 0 N–H and O–H groups in total. The molecule has 0 amide bonds. The van der Waals surface area contributed by atoms with Crippen LogP contribution in [0.2, 0.25) is 5.02 Å². The molecule has 0 unspecified atom stereocenters. The Morgan fingerprint density at radius 2 is 1.74 bits per heavy atom. The number of aryl methyl sites for hydroxylation is 1. The number of rotatable bonds is 6. The number of pyridine rings is 1. The fourth-order valence-electron chi connectivity index (χ4n) is 4.53. The second-order valence-electron chi connectivity index (χ2n) is 8.82. The van der Waals surface area contributed by atoms with Crippen LogP contribution >= 0.6 is 11.6 Å². The Morgan fingerprint density at radius 3 is 2.34 bits per heavy atom. The van der Waals surface area contributed by atoms with Crippen LogP contribution in [0.25, 0.3) is 11.3 Å². The van der Waals surface area contributed by atoms with Gasteiger partial charge in [-0.05, 0) is 73.9 Å². The third-order valence-corrected chi connectivity index (χ3v) is 6.74. The number of benzene rings is 2. The minimum absolute atomic E-state index is 0.0646. The van der Waals surface area contributed by atoms with Crippen molar-refractivity contribution < 1.29 is 22.8 Å². The first-order valence-electron chi connectivity index (χ1n) is 11.3. The van der Waals surface area contributed by atoms with Crippen molar-refractivity contribution in [2.75, 3.05) is 0 Å². The molecular formula is C26H24ClF3N2O3. The molecule has 4 rings (SSSR count). The molecule has 5 nitrogen and oxygen atoms in total. The van der Waals surface area contributed by atoms with Crippen molar-refractivity contribution in [1.29, 1.82) is 0 Å². The Balaban J connectivity index is 1.44. The fourth-order valence-corrected chi connectivity index (χ4v) is 4.70. The van der Waals surface area contributed by atoms with Gasteiger partial charge < -0.3 is 4.74 Å². The summed E-state index contributed by atoms with van der Waals surface area (Å²) in [5.74, 6) is -0.512. The first kappa shape index (κ1) is 25.0. The molecule has 1 fully saturated rings. The molecule has 0 saturated heterocycles. The van der Waals surface area contributed by atoms with E-state index >= 15 is 0 Å². The Hall–Kier alpha value is -3.13. The zero-order chi connectivity index (χ0) is 25.2. The molecular weight excluding hydrogens is 481 g/mol. The van der Waals surface area contributed by atoms with Gasteiger partial charge in [-0.1, -0.05) is 35.9 Å². The second kappa shape index (κ2) is 10.2. The van der Waals surface area contributed by atoms with Crippen molar-refractivity contribution in [3.05, 3.63) is 86.6 Å². The van der Waals surface area contributed by atoms with Gasteiger partial charge in [0.05, 0.1) is 16.5 Å². The van der Waals surface area contributed by atoms with Crippen molar-refractivity contribution in [3.63, 3.8) is 0 Å². The maximum absolute atomic E-state index is 12.9.